The van der Waals surface area contributed by atoms with Gasteiger partial charge in [-0.15, -0.1) is 0 Å². The number of halogens is 1. The topological polar surface area (TPSA) is 62.5 Å². The van der Waals surface area contributed by atoms with Crippen LogP contribution >= 0.6 is 0 Å². The number of nitrogens with one attached hydrogen (secondary N) is 2. The Morgan fingerprint density at radius 2 is 1.88 bits per heavy atom. The Morgan fingerprint density at radius 1 is 1.16 bits per heavy atom. The molecule has 2 rings (SSSR count). The largest absolute Gasteiger partial charge is 0.359 e. The van der Waals surface area contributed by atoms with E-state index in [1.54, 1.807) is 12.1 Å². The third kappa shape index (κ3) is 5.89. The summed E-state index contributed by atoms with van der Waals surface area (Å²) in [5, 5.41) is 10.6. The molecule has 0 aliphatic carbocycles. The van der Waals surface area contributed by atoms with Crippen LogP contribution in [-0.2, 0) is 13.1 Å². The fraction of sp³-hybridized carbons (Fsp3) is 0.474. The fourth-order valence-corrected chi connectivity index (χ4v) is 2.58. The standard InChI is InChI=1S/C19H27FN4O/c1-4-15(5-2)18-11-17(25-24-18)13-23-19(21-6-3)22-12-14-7-9-16(20)10-8-14/h7-11,15H,4-6,12-13H2,1-3H3,(H2,21,22,23). The Kier molecular flexibility index (Phi) is 7.44. The third-order valence-electron chi connectivity index (χ3n) is 4.09. The van der Waals surface area contributed by atoms with Gasteiger partial charge in [-0.3, -0.25) is 0 Å². The molecule has 0 aliphatic rings. The van der Waals surface area contributed by atoms with Gasteiger partial charge in [0.1, 0.15) is 5.82 Å². The number of nitrogens with zero attached hydrogens (tertiary/aromatic N) is 2. The molecule has 0 aliphatic heterocycles. The second-order valence-electron chi connectivity index (χ2n) is 5.91. The van der Waals surface area contributed by atoms with Gasteiger partial charge in [-0.1, -0.05) is 31.1 Å². The zero-order valence-electron chi connectivity index (χ0n) is 15.2. The second kappa shape index (κ2) is 9.81. The molecule has 5 nitrogen and oxygen atoms in total. The van der Waals surface area contributed by atoms with Crippen LogP contribution in [0.4, 0.5) is 4.39 Å². The van der Waals surface area contributed by atoms with E-state index in [-0.39, 0.29) is 5.82 Å². The van der Waals surface area contributed by atoms with Crippen LogP contribution in [0.1, 0.15) is 56.5 Å². The molecule has 0 saturated heterocycles. The van der Waals surface area contributed by atoms with E-state index >= 15 is 0 Å². The van der Waals surface area contributed by atoms with Crippen molar-refractivity contribution in [1.29, 1.82) is 0 Å². The number of rotatable bonds is 8. The Bertz CT molecular complexity index is 662. The summed E-state index contributed by atoms with van der Waals surface area (Å²) in [5.41, 5.74) is 1.96. The molecule has 0 radical (unpaired) electrons. The second-order valence-corrected chi connectivity index (χ2v) is 5.91. The van der Waals surface area contributed by atoms with Crippen LogP contribution < -0.4 is 10.6 Å². The first-order valence-electron chi connectivity index (χ1n) is 8.88. The van der Waals surface area contributed by atoms with Crippen molar-refractivity contribution in [3.63, 3.8) is 0 Å². The van der Waals surface area contributed by atoms with E-state index in [0.29, 0.717) is 25.0 Å². The molecule has 25 heavy (non-hydrogen) atoms. The van der Waals surface area contributed by atoms with Crippen LogP contribution in [-0.4, -0.2) is 17.7 Å². The van der Waals surface area contributed by atoms with Gasteiger partial charge in [0.25, 0.3) is 0 Å². The number of benzene rings is 1. The highest BCUT2D eigenvalue weighted by molar-refractivity contribution is 5.79. The smallest absolute Gasteiger partial charge is 0.191 e. The summed E-state index contributed by atoms with van der Waals surface area (Å²) in [6.45, 7) is 8.07. The molecule has 0 atom stereocenters. The maximum absolute atomic E-state index is 12.9. The molecule has 6 heteroatoms. The maximum Gasteiger partial charge on any atom is 0.191 e. The summed E-state index contributed by atoms with van der Waals surface area (Å²) in [6.07, 6.45) is 2.11. The number of hydrogen-bond acceptors (Lipinski definition) is 3. The Morgan fingerprint density at radius 3 is 2.52 bits per heavy atom. The lowest BCUT2D eigenvalue weighted by Gasteiger charge is -2.10. The fourth-order valence-electron chi connectivity index (χ4n) is 2.58. The van der Waals surface area contributed by atoms with Gasteiger partial charge in [0.15, 0.2) is 11.7 Å². The molecule has 0 amide bonds. The quantitative estimate of drug-likeness (QED) is 0.561. The minimum absolute atomic E-state index is 0.239. The highest BCUT2D eigenvalue weighted by atomic mass is 19.1. The molecule has 1 heterocycles. The van der Waals surface area contributed by atoms with Crippen LogP contribution in [0.5, 0.6) is 0 Å². The normalized spacial score (nSPS) is 11.8. The van der Waals surface area contributed by atoms with Gasteiger partial charge >= 0.3 is 0 Å². The van der Waals surface area contributed by atoms with Crippen molar-refractivity contribution in [1.82, 2.24) is 15.8 Å². The molecule has 0 spiro atoms. The average Bonchev–Trinajstić information content (AvgIpc) is 3.09. The van der Waals surface area contributed by atoms with Gasteiger partial charge in [-0.05, 0) is 37.5 Å². The van der Waals surface area contributed by atoms with E-state index in [0.717, 1.165) is 36.4 Å². The highest BCUT2D eigenvalue weighted by Crippen LogP contribution is 2.22. The van der Waals surface area contributed by atoms with Crippen LogP contribution in [0.15, 0.2) is 39.8 Å². The van der Waals surface area contributed by atoms with Crippen LogP contribution in [0.2, 0.25) is 0 Å². The number of hydrogen-bond donors (Lipinski definition) is 2. The predicted molar refractivity (Wildman–Crippen MR) is 97.9 cm³/mol. The van der Waals surface area contributed by atoms with E-state index < -0.39 is 0 Å². The van der Waals surface area contributed by atoms with Gasteiger partial charge < -0.3 is 15.2 Å². The molecule has 1 aromatic carbocycles. The Hall–Kier alpha value is -2.37. The van der Waals surface area contributed by atoms with Crippen molar-refractivity contribution in [3.8, 4) is 0 Å². The van der Waals surface area contributed by atoms with Gasteiger partial charge in [-0.25, -0.2) is 9.38 Å². The lowest BCUT2D eigenvalue weighted by atomic mass is 9.99. The summed E-state index contributed by atoms with van der Waals surface area (Å²) >= 11 is 0. The van der Waals surface area contributed by atoms with E-state index in [4.69, 9.17) is 4.52 Å². The van der Waals surface area contributed by atoms with Gasteiger partial charge in [0.05, 0.1) is 18.8 Å². The van der Waals surface area contributed by atoms with Crippen molar-refractivity contribution >= 4 is 5.96 Å². The zero-order chi connectivity index (χ0) is 18.1. The first-order chi connectivity index (χ1) is 12.2. The van der Waals surface area contributed by atoms with Gasteiger partial charge in [0, 0.05) is 18.5 Å². The van der Waals surface area contributed by atoms with E-state index in [1.807, 2.05) is 13.0 Å². The molecule has 0 unspecified atom stereocenters. The molecular formula is C19H27FN4O. The van der Waals surface area contributed by atoms with E-state index in [1.165, 1.54) is 12.1 Å². The molecule has 0 bridgehead atoms. The van der Waals surface area contributed by atoms with Crippen molar-refractivity contribution in [2.45, 2.75) is 52.6 Å². The summed E-state index contributed by atoms with van der Waals surface area (Å²) in [7, 11) is 0. The molecule has 2 N–H and O–H groups in total. The number of aromatic nitrogens is 1. The van der Waals surface area contributed by atoms with Crippen molar-refractivity contribution in [2.24, 2.45) is 4.99 Å². The summed E-state index contributed by atoms with van der Waals surface area (Å²) in [5.74, 6) is 1.68. The van der Waals surface area contributed by atoms with E-state index in [9.17, 15) is 4.39 Å². The average molecular weight is 346 g/mol. The highest BCUT2D eigenvalue weighted by Gasteiger charge is 2.13. The first kappa shape index (κ1) is 19.0. The summed E-state index contributed by atoms with van der Waals surface area (Å²) in [6, 6.07) is 8.37. The molecule has 1 aromatic heterocycles. The SMILES string of the molecule is CCNC(=NCc1ccc(F)cc1)NCc1cc(C(CC)CC)no1. The van der Waals surface area contributed by atoms with Crippen molar-refractivity contribution < 1.29 is 8.91 Å². The predicted octanol–water partition coefficient (Wildman–Crippen LogP) is 3.97. The van der Waals surface area contributed by atoms with Crippen LogP contribution in [0.25, 0.3) is 0 Å². The molecule has 136 valence electrons. The van der Waals surface area contributed by atoms with E-state index in [2.05, 4.69) is 34.6 Å². The van der Waals surface area contributed by atoms with Crippen LogP contribution in [0, 0.1) is 5.82 Å². The minimum atomic E-state index is -0.239. The molecule has 0 saturated carbocycles. The number of aliphatic imine (C=N–C) groups is 1. The third-order valence-corrected chi connectivity index (χ3v) is 4.09. The van der Waals surface area contributed by atoms with Crippen LogP contribution in [0.3, 0.4) is 0 Å². The lowest BCUT2D eigenvalue weighted by Crippen LogP contribution is -2.36. The number of guanidine groups is 1. The Balaban J connectivity index is 1.94. The lowest BCUT2D eigenvalue weighted by molar-refractivity contribution is 0.368. The minimum Gasteiger partial charge on any atom is -0.359 e. The first-order valence-corrected chi connectivity index (χ1v) is 8.88. The van der Waals surface area contributed by atoms with Gasteiger partial charge in [-0.2, -0.15) is 0 Å². The monoisotopic (exact) mass is 346 g/mol. The van der Waals surface area contributed by atoms with Gasteiger partial charge in [0.2, 0.25) is 0 Å². The van der Waals surface area contributed by atoms with Crippen molar-refractivity contribution in [3.05, 3.63) is 53.2 Å². The zero-order valence-corrected chi connectivity index (χ0v) is 15.2. The summed E-state index contributed by atoms with van der Waals surface area (Å²) < 4.78 is 18.4. The molecule has 2 aromatic rings. The van der Waals surface area contributed by atoms with Crippen molar-refractivity contribution in [2.75, 3.05) is 6.54 Å². The summed E-state index contributed by atoms with van der Waals surface area (Å²) in [4.78, 5) is 4.51. The Labute approximate surface area is 148 Å². The molecule has 0 fully saturated rings. The maximum atomic E-state index is 12.9. The molecular weight excluding hydrogens is 319 g/mol.